The fraction of sp³-hybridized carbons (Fsp3) is 0.304. The van der Waals surface area contributed by atoms with Gasteiger partial charge in [0.15, 0.2) is 0 Å². The third-order valence-electron chi connectivity index (χ3n) is 4.54. The summed E-state index contributed by atoms with van der Waals surface area (Å²) in [7, 11) is 1.72. The standard InChI is InChI=1S/C23H27N3O/c1-23(2,3)18-11-12-22(27-4)21(15-18)26(16-19-9-5-7-13-24-19)17-20-10-6-8-14-25-20/h5-15H,16-17H2,1-4H3. The predicted octanol–water partition coefficient (Wildman–Crippen LogP) is 4.99. The van der Waals surface area contributed by atoms with Crippen LogP contribution in [-0.4, -0.2) is 17.1 Å². The van der Waals surface area contributed by atoms with Crippen LogP contribution in [0.25, 0.3) is 0 Å². The van der Waals surface area contributed by atoms with Crippen molar-refractivity contribution in [2.75, 3.05) is 12.0 Å². The van der Waals surface area contributed by atoms with E-state index in [9.17, 15) is 0 Å². The van der Waals surface area contributed by atoms with Crippen LogP contribution in [0.3, 0.4) is 0 Å². The molecule has 4 heteroatoms. The van der Waals surface area contributed by atoms with Gasteiger partial charge in [0.2, 0.25) is 0 Å². The monoisotopic (exact) mass is 361 g/mol. The van der Waals surface area contributed by atoms with E-state index in [1.807, 2.05) is 48.8 Å². The number of benzene rings is 1. The summed E-state index contributed by atoms with van der Waals surface area (Å²) in [5, 5.41) is 0. The molecule has 1 aromatic carbocycles. The zero-order chi connectivity index (χ0) is 19.3. The second-order valence-electron chi connectivity index (χ2n) is 7.63. The molecule has 2 aromatic heterocycles. The first-order valence-electron chi connectivity index (χ1n) is 9.20. The molecule has 0 aliphatic rings. The molecule has 0 saturated carbocycles. The van der Waals surface area contributed by atoms with Gasteiger partial charge in [-0.1, -0.05) is 39.0 Å². The molecule has 0 aliphatic heterocycles. The van der Waals surface area contributed by atoms with E-state index in [4.69, 9.17) is 4.74 Å². The lowest BCUT2D eigenvalue weighted by Crippen LogP contribution is -2.24. The van der Waals surface area contributed by atoms with Gasteiger partial charge in [-0.15, -0.1) is 0 Å². The predicted molar refractivity (Wildman–Crippen MR) is 110 cm³/mol. The van der Waals surface area contributed by atoms with E-state index in [-0.39, 0.29) is 5.41 Å². The van der Waals surface area contributed by atoms with Gasteiger partial charge in [-0.3, -0.25) is 9.97 Å². The first-order chi connectivity index (χ1) is 13.0. The molecule has 0 atom stereocenters. The van der Waals surface area contributed by atoms with Gasteiger partial charge in [-0.25, -0.2) is 0 Å². The molecule has 0 fully saturated rings. The zero-order valence-corrected chi connectivity index (χ0v) is 16.5. The Balaban J connectivity index is 2.03. The zero-order valence-electron chi connectivity index (χ0n) is 16.5. The first kappa shape index (κ1) is 18.9. The van der Waals surface area contributed by atoms with Gasteiger partial charge in [-0.05, 0) is 47.4 Å². The van der Waals surface area contributed by atoms with Crippen molar-refractivity contribution in [3.05, 3.63) is 83.9 Å². The molecule has 0 unspecified atom stereocenters. The van der Waals surface area contributed by atoms with Gasteiger partial charge in [0.1, 0.15) is 5.75 Å². The summed E-state index contributed by atoms with van der Waals surface area (Å²) in [5.41, 5.74) is 4.41. The van der Waals surface area contributed by atoms with Crippen LogP contribution >= 0.6 is 0 Å². The minimum Gasteiger partial charge on any atom is -0.495 e. The van der Waals surface area contributed by atoms with E-state index in [1.54, 1.807) is 7.11 Å². The molecule has 3 aromatic rings. The highest BCUT2D eigenvalue weighted by molar-refractivity contribution is 5.61. The van der Waals surface area contributed by atoms with E-state index >= 15 is 0 Å². The largest absolute Gasteiger partial charge is 0.495 e. The number of rotatable bonds is 6. The first-order valence-corrected chi connectivity index (χ1v) is 9.20. The average molecular weight is 361 g/mol. The van der Waals surface area contributed by atoms with Gasteiger partial charge < -0.3 is 9.64 Å². The number of methoxy groups -OCH3 is 1. The van der Waals surface area contributed by atoms with E-state index in [0.717, 1.165) is 22.8 Å². The number of hydrogen-bond acceptors (Lipinski definition) is 4. The number of hydrogen-bond donors (Lipinski definition) is 0. The lowest BCUT2D eigenvalue weighted by Gasteiger charge is -2.28. The fourth-order valence-corrected chi connectivity index (χ4v) is 3.00. The Kier molecular flexibility index (Phi) is 5.75. The lowest BCUT2D eigenvalue weighted by molar-refractivity contribution is 0.413. The quantitative estimate of drug-likeness (QED) is 0.620. The Morgan fingerprint density at radius 3 is 1.89 bits per heavy atom. The van der Waals surface area contributed by atoms with Gasteiger partial charge >= 0.3 is 0 Å². The van der Waals surface area contributed by atoms with Crippen LogP contribution in [0.1, 0.15) is 37.7 Å². The molecular formula is C23H27N3O. The summed E-state index contributed by atoms with van der Waals surface area (Å²) in [6.45, 7) is 8.03. The third kappa shape index (κ3) is 4.85. The van der Waals surface area contributed by atoms with Crippen LogP contribution in [0.5, 0.6) is 5.75 Å². The number of nitrogens with zero attached hydrogens (tertiary/aromatic N) is 3. The summed E-state index contributed by atoms with van der Waals surface area (Å²) in [6.07, 6.45) is 3.66. The fourth-order valence-electron chi connectivity index (χ4n) is 3.00. The Bertz CT molecular complexity index is 816. The molecule has 0 spiro atoms. The number of anilines is 1. The maximum absolute atomic E-state index is 5.69. The minimum absolute atomic E-state index is 0.0582. The maximum Gasteiger partial charge on any atom is 0.142 e. The van der Waals surface area contributed by atoms with Crippen LogP contribution in [0.4, 0.5) is 5.69 Å². The van der Waals surface area contributed by atoms with E-state index in [1.165, 1.54) is 5.56 Å². The second-order valence-corrected chi connectivity index (χ2v) is 7.63. The van der Waals surface area contributed by atoms with Crippen LogP contribution in [0, 0.1) is 0 Å². The topological polar surface area (TPSA) is 38.2 Å². The second kappa shape index (κ2) is 8.21. The highest BCUT2D eigenvalue weighted by Crippen LogP contribution is 2.35. The summed E-state index contributed by atoms with van der Waals surface area (Å²) >= 11 is 0. The third-order valence-corrected chi connectivity index (χ3v) is 4.54. The van der Waals surface area contributed by atoms with Crippen molar-refractivity contribution in [1.82, 2.24) is 9.97 Å². The SMILES string of the molecule is COc1ccc(C(C)(C)C)cc1N(Cc1ccccn1)Cc1ccccn1. The highest BCUT2D eigenvalue weighted by Gasteiger charge is 2.20. The van der Waals surface area contributed by atoms with E-state index in [2.05, 4.69) is 53.8 Å². The molecule has 0 aliphatic carbocycles. The summed E-state index contributed by atoms with van der Waals surface area (Å²) < 4.78 is 5.69. The molecule has 2 heterocycles. The Labute approximate surface area is 161 Å². The average Bonchev–Trinajstić information content (AvgIpc) is 2.68. The summed E-state index contributed by atoms with van der Waals surface area (Å²) in [5.74, 6) is 0.856. The van der Waals surface area contributed by atoms with Gasteiger partial charge in [0.25, 0.3) is 0 Å². The van der Waals surface area contributed by atoms with Crippen molar-refractivity contribution in [3.63, 3.8) is 0 Å². The maximum atomic E-state index is 5.69. The minimum atomic E-state index is 0.0582. The van der Waals surface area contributed by atoms with E-state index in [0.29, 0.717) is 13.1 Å². The normalized spacial score (nSPS) is 11.3. The molecule has 27 heavy (non-hydrogen) atoms. The molecule has 0 radical (unpaired) electrons. The summed E-state index contributed by atoms with van der Waals surface area (Å²) in [6, 6.07) is 18.4. The van der Waals surface area contributed by atoms with Crippen molar-refractivity contribution in [3.8, 4) is 5.75 Å². The Morgan fingerprint density at radius 2 is 1.44 bits per heavy atom. The van der Waals surface area contributed by atoms with Gasteiger partial charge in [0, 0.05) is 12.4 Å². The number of aromatic nitrogens is 2. The van der Waals surface area contributed by atoms with Crippen molar-refractivity contribution in [2.45, 2.75) is 39.3 Å². The lowest BCUT2D eigenvalue weighted by atomic mass is 9.86. The summed E-state index contributed by atoms with van der Waals surface area (Å²) in [4.78, 5) is 11.3. The number of ether oxygens (including phenoxy) is 1. The highest BCUT2D eigenvalue weighted by atomic mass is 16.5. The van der Waals surface area contributed by atoms with Crippen molar-refractivity contribution in [2.24, 2.45) is 0 Å². The van der Waals surface area contributed by atoms with Crippen molar-refractivity contribution < 1.29 is 4.74 Å². The van der Waals surface area contributed by atoms with Crippen molar-refractivity contribution in [1.29, 1.82) is 0 Å². The van der Waals surface area contributed by atoms with Crippen molar-refractivity contribution >= 4 is 5.69 Å². The van der Waals surface area contributed by atoms with Crippen LogP contribution in [0.15, 0.2) is 67.0 Å². The molecule has 140 valence electrons. The molecule has 0 bridgehead atoms. The number of pyridine rings is 2. The van der Waals surface area contributed by atoms with Crippen LogP contribution in [-0.2, 0) is 18.5 Å². The van der Waals surface area contributed by atoms with Gasteiger partial charge in [0.05, 0.1) is 37.3 Å². The Hall–Kier alpha value is -2.88. The van der Waals surface area contributed by atoms with E-state index < -0.39 is 0 Å². The van der Waals surface area contributed by atoms with Gasteiger partial charge in [-0.2, -0.15) is 0 Å². The van der Waals surface area contributed by atoms with Crippen LogP contribution in [0.2, 0.25) is 0 Å². The molecule has 0 amide bonds. The van der Waals surface area contributed by atoms with Crippen LogP contribution < -0.4 is 9.64 Å². The molecule has 4 nitrogen and oxygen atoms in total. The smallest absolute Gasteiger partial charge is 0.142 e. The Morgan fingerprint density at radius 1 is 0.852 bits per heavy atom. The molecule has 3 rings (SSSR count). The molecule has 0 saturated heterocycles. The molecular weight excluding hydrogens is 334 g/mol. The molecule has 0 N–H and O–H groups in total.